The second-order valence-electron chi connectivity index (χ2n) is 10.4. The van der Waals surface area contributed by atoms with Crippen molar-refractivity contribution in [3.05, 3.63) is 88.7 Å². The van der Waals surface area contributed by atoms with E-state index in [1.165, 1.54) is 28.4 Å². The minimum Gasteiger partial charge on any atom is -0.381 e. The average Bonchev–Trinajstić information content (AvgIpc) is 3.35. The molecule has 1 aliphatic heterocycles. The number of aryl methyl sites for hydroxylation is 3. The summed E-state index contributed by atoms with van der Waals surface area (Å²) >= 11 is 2.67. The van der Waals surface area contributed by atoms with Crippen LogP contribution in [0.15, 0.2) is 65.8 Å². The second kappa shape index (κ2) is 14.7. The lowest BCUT2D eigenvalue weighted by atomic mass is 9.99. The zero-order valence-electron chi connectivity index (χ0n) is 24.2. The molecular formula is C31H37N5O4S2. The molecule has 11 heteroatoms. The van der Waals surface area contributed by atoms with Gasteiger partial charge in [0.25, 0.3) is 5.91 Å². The molecule has 0 aliphatic carbocycles. The molecule has 1 aromatic heterocycles. The number of nitrogens with one attached hydrogen (secondary N) is 2. The first-order chi connectivity index (χ1) is 20.1. The van der Waals surface area contributed by atoms with Crippen molar-refractivity contribution in [1.29, 1.82) is 0 Å². The first kappa shape index (κ1) is 31.5. The SMILES string of the molecule is Cc1cc(C)nc(SCC(=O)N[C@@H](Cc2ccccc2)[C@H](O)C(=O)N2CSC(C)[C@H]2C(=O)NCc2ccccc2C)n1. The zero-order valence-corrected chi connectivity index (χ0v) is 25.9. The van der Waals surface area contributed by atoms with Gasteiger partial charge in [-0.1, -0.05) is 73.3 Å². The number of aliphatic hydroxyl groups excluding tert-OH is 1. The molecule has 0 spiro atoms. The Morgan fingerprint density at radius 3 is 2.40 bits per heavy atom. The van der Waals surface area contributed by atoms with Crippen LogP contribution < -0.4 is 10.6 Å². The second-order valence-corrected chi connectivity index (χ2v) is 12.7. The summed E-state index contributed by atoms with van der Waals surface area (Å²) in [5.41, 5.74) is 4.54. The maximum atomic E-state index is 13.7. The van der Waals surface area contributed by atoms with Crippen molar-refractivity contribution >= 4 is 41.2 Å². The third kappa shape index (κ3) is 8.33. The molecule has 1 unspecified atom stereocenters. The molecule has 0 radical (unpaired) electrons. The molecular weight excluding hydrogens is 571 g/mol. The van der Waals surface area contributed by atoms with Gasteiger partial charge in [-0.2, -0.15) is 0 Å². The summed E-state index contributed by atoms with van der Waals surface area (Å²) in [6.45, 7) is 7.96. The van der Waals surface area contributed by atoms with Gasteiger partial charge in [-0.05, 0) is 49.9 Å². The lowest BCUT2D eigenvalue weighted by Crippen LogP contribution is -2.57. The maximum absolute atomic E-state index is 13.7. The van der Waals surface area contributed by atoms with Gasteiger partial charge in [0.2, 0.25) is 11.8 Å². The first-order valence-electron chi connectivity index (χ1n) is 13.8. The van der Waals surface area contributed by atoms with E-state index in [2.05, 4.69) is 20.6 Å². The third-order valence-corrected chi connectivity index (χ3v) is 9.15. The lowest BCUT2D eigenvalue weighted by molar-refractivity contribution is -0.147. The highest BCUT2D eigenvalue weighted by atomic mass is 32.2. The number of benzene rings is 2. The van der Waals surface area contributed by atoms with E-state index in [1.807, 2.05) is 88.4 Å². The van der Waals surface area contributed by atoms with E-state index >= 15 is 0 Å². The van der Waals surface area contributed by atoms with E-state index in [1.54, 1.807) is 0 Å². The molecule has 1 saturated heterocycles. The van der Waals surface area contributed by atoms with Gasteiger partial charge >= 0.3 is 0 Å². The largest absolute Gasteiger partial charge is 0.381 e. The summed E-state index contributed by atoms with van der Waals surface area (Å²) in [4.78, 5) is 50.2. The highest BCUT2D eigenvalue weighted by Crippen LogP contribution is 2.30. The van der Waals surface area contributed by atoms with Crippen molar-refractivity contribution in [2.45, 2.75) is 69.3 Å². The van der Waals surface area contributed by atoms with E-state index < -0.39 is 24.1 Å². The van der Waals surface area contributed by atoms with Crippen LogP contribution in [0.2, 0.25) is 0 Å². The Morgan fingerprint density at radius 2 is 1.71 bits per heavy atom. The molecule has 4 atom stereocenters. The van der Waals surface area contributed by atoms with Crippen molar-refractivity contribution in [3.63, 3.8) is 0 Å². The van der Waals surface area contributed by atoms with Gasteiger partial charge in [0.1, 0.15) is 6.04 Å². The number of thioether (sulfide) groups is 2. The predicted molar refractivity (Wildman–Crippen MR) is 166 cm³/mol. The zero-order chi connectivity index (χ0) is 30.2. The highest BCUT2D eigenvalue weighted by molar-refractivity contribution is 8.00. The summed E-state index contributed by atoms with van der Waals surface area (Å²) in [6, 6.07) is 17.4. The Morgan fingerprint density at radius 1 is 1.05 bits per heavy atom. The van der Waals surface area contributed by atoms with Gasteiger partial charge in [-0.3, -0.25) is 14.4 Å². The quantitative estimate of drug-likeness (QED) is 0.224. The lowest BCUT2D eigenvalue weighted by Gasteiger charge is -2.30. The number of carbonyl (C=O) groups excluding carboxylic acids is 3. The summed E-state index contributed by atoms with van der Waals surface area (Å²) < 4.78 is 0. The Bertz CT molecular complexity index is 1390. The molecule has 222 valence electrons. The molecule has 2 aromatic carbocycles. The summed E-state index contributed by atoms with van der Waals surface area (Å²) in [7, 11) is 0. The van der Waals surface area contributed by atoms with Gasteiger partial charge in [-0.25, -0.2) is 9.97 Å². The number of aromatic nitrogens is 2. The minimum absolute atomic E-state index is 0.0234. The van der Waals surface area contributed by atoms with Gasteiger partial charge in [0.05, 0.1) is 17.7 Å². The van der Waals surface area contributed by atoms with Crippen molar-refractivity contribution < 1.29 is 19.5 Å². The molecule has 42 heavy (non-hydrogen) atoms. The fourth-order valence-electron chi connectivity index (χ4n) is 4.86. The predicted octanol–water partition coefficient (Wildman–Crippen LogP) is 3.19. The minimum atomic E-state index is -1.55. The Balaban J connectivity index is 1.45. The molecule has 4 rings (SSSR count). The molecule has 2 heterocycles. The van der Waals surface area contributed by atoms with E-state index in [-0.39, 0.29) is 35.1 Å². The third-order valence-electron chi connectivity index (χ3n) is 7.10. The molecule has 0 saturated carbocycles. The van der Waals surface area contributed by atoms with Crippen LogP contribution in [0.5, 0.6) is 0 Å². The Labute approximate surface area is 255 Å². The smallest absolute Gasteiger partial charge is 0.254 e. The number of carbonyl (C=O) groups is 3. The fourth-order valence-corrected chi connectivity index (χ4v) is 6.76. The number of aliphatic hydroxyl groups is 1. The van der Waals surface area contributed by atoms with Gasteiger partial charge in [-0.15, -0.1) is 11.8 Å². The molecule has 3 N–H and O–H groups in total. The van der Waals surface area contributed by atoms with Crippen molar-refractivity contribution in [2.24, 2.45) is 0 Å². The van der Waals surface area contributed by atoms with Crippen LogP contribution in [0.25, 0.3) is 0 Å². The van der Waals surface area contributed by atoms with Gasteiger partial charge < -0.3 is 20.6 Å². The number of hydrogen-bond donors (Lipinski definition) is 3. The monoisotopic (exact) mass is 607 g/mol. The summed E-state index contributed by atoms with van der Waals surface area (Å²) in [5, 5.41) is 17.5. The van der Waals surface area contributed by atoms with E-state index in [0.29, 0.717) is 11.7 Å². The number of nitrogens with zero attached hydrogens (tertiary/aromatic N) is 3. The van der Waals surface area contributed by atoms with Crippen LogP contribution >= 0.6 is 23.5 Å². The fraction of sp³-hybridized carbons (Fsp3) is 0.387. The Kier molecular flexibility index (Phi) is 11.0. The standard InChI is InChI=1S/C31H37N5O4S2/c1-19-10-8-9-13-24(19)16-32-29(39)27-22(4)42-18-36(27)30(40)28(38)25(15-23-11-6-5-7-12-23)35-26(37)17-41-31-33-20(2)14-21(3)34-31/h5-14,22,25,27-28,38H,15-18H2,1-4H3,(H,32,39)(H,35,37)/t22?,25-,27-,28-/m0/s1. The first-order valence-corrected chi connectivity index (χ1v) is 15.9. The number of amides is 3. The van der Waals surface area contributed by atoms with Crippen molar-refractivity contribution in [3.8, 4) is 0 Å². The molecule has 1 aliphatic rings. The molecule has 0 bridgehead atoms. The molecule has 3 amide bonds. The van der Waals surface area contributed by atoms with Crippen molar-refractivity contribution in [2.75, 3.05) is 11.6 Å². The summed E-state index contributed by atoms with van der Waals surface area (Å²) in [5.74, 6) is -0.924. The van der Waals surface area contributed by atoms with Gasteiger partial charge in [0.15, 0.2) is 11.3 Å². The Hall–Kier alpha value is -3.41. The topological polar surface area (TPSA) is 125 Å². The average molecular weight is 608 g/mol. The molecule has 1 fully saturated rings. The highest BCUT2D eigenvalue weighted by Gasteiger charge is 2.43. The van der Waals surface area contributed by atoms with Crippen LogP contribution in [0.1, 0.15) is 35.0 Å². The van der Waals surface area contributed by atoms with Crippen LogP contribution in [0, 0.1) is 20.8 Å². The van der Waals surface area contributed by atoms with Crippen LogP contribution in [0.3, 0.4) is 0 Å². The molecule has 3 aromatic rings. The number of rotatable bonds is 11. The van der Waals surface area contributed by atoms with Crippen LogP contribution in [-0.2, 0) is 27.3 Å². The normalized spacial score (nSPS) is 17.9. The van der Waals surface area contributed by atoms with Crippen LogP contribution in [-0.4, -0.2) is 72.8 Å². The maximum Gasteiger partial charge on any atom is 0.254 e. The van der Waals surface area contributed by atoms with E-state index in [9.17, 15) is 19.5 Å². The van der Waals surface area contributed by atoms with E-state index in [0.717, 1.165) is 28.1 Å². The number of hydrogen-bond acceptors (Lipinski definition) is 8. The van der Waals surface area contributed by atoms with E-state index in [4.69, 9.17) is 0 Å². The summed E-state index contributed by atoms with van der Waals surface area (Å²) in [6.07, 6.45) is -1.31. The molecule has 9 nitrogen and oxygen atoms in total. The van der Waals surface area contributed by atoms with Crippen LogP contribution in [0.4, 0.5) is 0 Å². The van der Waals surface area contributed by atoms with Crippen molar-refractivity contribution in [1.82, 2.24) is 25.5 Å². The van der Waals surface area contributed by atoms with Gasteiger partial charge in [0, 0.05) is 23.2 Å².